The fourth-order valence-electron chi connectivity index (χ4n) is 2.72. The van der Waals surface area contributed by atoms with Crippen LogP contribution < -0.4 is 0 Å². The van der Waals surface area contributed by atoms with Crippen molar-refractivity contribution in [2.24, 2.45) is 7.05 Å². The van der Waals surface area contributed by atoms with Crippen molar-refractivity contribution in [1.82, 2.24) is 9.55 Å². The van der Waals surface area contributed by atoms with E-state index in [-0.39, 0.29) is 13.2 Å². The van der Waals surface area contributed by atoms with E-state index in [0.717, 1.165) is 11.0 Å². The minimum Gasteiger partial charge on any atom is -0.493 e. The van der Waals surface area contributed by atoms with Gasteiger partial charge in [0.2, 0.25) is 0 Å². The number of aliphatic hydroxyl groups is 2. The molecular weight excluding hydrogens is 328 g/mol. The van der Waals surface area contributed by atoms with E-state index in [2.05, 4.69) is 4.98 Å². The van der Waals surface area contributed by atoms with E-state index in [1.54, 1.807) is 24.3 Å². The molecule has 0 saturated carbocycles. The van der Waals surface area contributed by atoms with Crippen molar-refractivity contribution in [3.8, 4) is 0 Å². The molecule has 0 aliphatic carbocycles. The average molecular weight is 348 g/mol. The Labute approximate surface area is 144 Å². The molecular formula is C17H20N2O6. The maximum absolute atomic E-state index is 11.7. The Bertz CT molecular complexity index is 800. The van der Waals surface area contributed by atoms with Crippen LogP contribution in [0, 0.1) is 0 Å². The highest BCUT2D eigenvalue weighted by Gasteiger charge is 2.30. The minimum absolute atomic E-state index is 0.156. The molecule has 0 bridgehead atoms. The van der Waals surface area contributed by atoms with Crippen LogP contribution >= 0.6 is 0 Å². The lowest BCUT2D eigenvalue weighted by Gasteiger charge is -2.29. The molecule has 0 fully saturated rings. The molecule has 2 N–H and O–H groups in total. The number of aromatic nitrogens is 2. The molecule has 25 heavy (non-hydrogen) atoms. The van der Waals surface area contributed by atoms with Crippen LogP contribution in [0.1, 0.15) is 16.2 Å². The molecule has 0 amide bonds. The van der Waals surface area contributed by atoms with Crippen LogP contribution in [0.15, 0.2) is 30.5 Å². The van der Waals surface area contributed by atoms with Crippen molar-refractivity contribution in [3.63, 3.8) is 0 Å². The summed E-state index contributed by atoms with van der Waals surface area (Å²) in [6, 6.07) is 5.11. The zero-order chi connectivity index (χ0) is 18.0. The molecule has 0 radical (unpaired) electrons. The van der Waals surface area contributed by atoms with Crippen LogP contribution in [0.2, 0.25) is 0 Å². The summed E-state index contributed by atoms with van der Waals surface area (Å²) < 4.78 is 17.4. The summed E-state index contributed by atoms with van der Waals surface area (Å²) in [5.74, 6) is 0.232. The zero-order valence-corrected chi connectivity index (χ0v) is 14.0. The maximum Gasteiger partial charge on any atom is 0.337 e. The van der Waals surface area contributed by atoms with Crippen molar-refractivity contribution < 1.29 is 29.2 Å². The predicted octanol–water partition coefficient (Wildman–Crippen LogP) is 0.511. The summed E-state index contributed by atoms with van der Waals surface area (Å²) in [6.45, 7) is -0.142. The van der Waals surface area contributed by atoms with Crippen LogP contribution in [-0.2, 0) is 27.9 Å². The molecule has 2 heterocycles. The lowest BCUT2D eigenvalue weighted by atomic mass is 10.1. The van der Waals surface area contributed by atoms with E-state index in [0.29, 0.717) is 11.4 Å². The fourth-order valence-corrected chi connectivity index (χ4v) is 2.72. The average Bonchev–Trinajstić information content (AvgIpc) is 2.95. The third-order valence-electron chi connectivity index (χ3n) is 4.22. The number of benzene rings is 1. The third kappa shape index (κ3) is 3.37. The largest absolute Gasteiger partial charge is 0.493 e. The Balaban J connectivity index is 1.78. The number of aryl methyl sites for hydroxylation is 1. The lowest BCUT2D eigenvalue weighted by Crippen LogP contribution is -2.43. The van der Waals surface area contributed by atoms with E-state index in [4.69, 9.17) is 19.3 Å². The number of carbonyl (C=O) groups excluding carboxylic acids is 1. The number of hydrogen-bond acceptors (Lipinski definition) is 7. The predicted molar refractivity (Wildman–Crippen MR) is 87.7 cm³/mol. The number of methoxy groups -OCH3 is 1. The molecule has 0 saturated heterocycles. The van der Waals surface area contributed by atoms with Crippen LogP contribution in [0.3, 0.4) is 0 Å². The van der Waals surface area contributed by atoms with Crippen molar-refractivity contribution in [2.75, 3.05) is 13.7 Å². The van der Waals surface area contributed by atoms with Crippen LogP contribution in [-0.4, -0.2) is 57.8 Å². The van der Waals surface area contributed by atoms with Gasteiger partial charge in [-0.05, 0) is 24.3 Å². The van der Waals surface area contributed by atoms with Crippen molar-refractivity contribution >= 4 is 17.0 Å². The lowest BCUT2D eigenvalue weighted by molar-refractivity contribution is -0.107. The molecule has 0 spiro atoms. The molecule has 0 unspecified atom stereocenters. The standard InChI is InChI=1S/C17H20N2O6/c1-19-12-7-10(17(22)23-2)3-4-11(12)18-15(19)9-25-13-5-6-24-14(8-20)16(13)21/h3-7,13-14,16,20-21H,8-9H2,1-2H3/t13-,14-,16-/m1/s1. The van der Waals surface area contributed by atoms with Crippen molar-refractivity contribution in [2.45, 2.75) is 24.9 Å². The van der Waals surface area contributed by atoms with Gasteiger partial charge in [-0.25, -0.2) is 9.78 Å². The molecule has 8 nitrogen and oxygen atoms in total. The summed E-state index contributed by atoms with van der Waals surface area (Å²) in [4.78, 5) is 16.1. The zero-order valence-electron chi connectivity index (χ0n) is 14.0. The molecule has 3 rings (SSSR count). The molecule has 3 atom stereocenters. The minimum atomic E-state index is -0.962. The molecule has 1 aliphatic rings. The smallest absolute Gasteiger partial charge is 0.337 e. The van der Waals surface area contributed by atoms with Crippen molar-refractivity contribution in [3.05, 3.63) is 41.9 Å². The van der Waals surface area contributed by atoms with Crippen LogP contribution in [0.5, 0.6) is 0 Å². The Morgan fingerprint density at radius 3 is 2.96 bits per heavy atom. The van der Waals surface area contributed by atoms with E-state index < -0.39 is 24.3 Å². The number of ether oxygens (including phenoxy) is 3. The second-order valence-corrected chi connectivity index (χ2v) is 5.73. The van der Waals surface area contributed by atoms with Crippen molar-refractivity contribution in [1.29, 1.82) is 0 Å². The van der Waals surface area contributed by atoms with Gasteiger partial charge >= 0.3 is 5.97 Å². The number of aliphatic hydroxyl groups excluding tert-OH is 2. The molecule has 8 heteroatoms. The number of hydrogen-bond donors (Lipinski definition) is 2. The topological polar surface area (TPSA) is 103 Å². The van der Waals surface area contributed by atoms with E-state index >= 15 is 0 Å². The second kappa shape index (κ2) is 7.22. The Kier molecular flexibility index (Phi) is 5.03. The first-order valence-corrected chi connectivity index (χ1v) is 7.81. The normalized spacial score (nSPS) is 22.8. The molecule has 134 valence electrons. The summed E-state index contributed by atoms with van der Waals surface area (Å²) in [6.07, 6.45) is 0.731. The van der Waals surface area contributed by atoms with E-state index in [9.17, 15) is 9.90 Å². The monoisotopic (exact) mass is 348 g/mol. The number of rotatable bonds is 5. The van der Waals surface area contributed by atoms with Gasteiger partial charge in [0.25, 0.3) is 0 Å². The van der Waals surface area contributed by atoms with Gasteiger partial charge in [0.15, 0.2) is 0 Å². The molecule has 1 aromatic carbocycles. The number of esters is 1. The summed E-state index contributed by atoms with van der Waals surface area (Å²) >= 11 is 0. The van der Waals surface area contributed by atoms with Crippen LogP contribution in [0.25, 0.3) is 11.0 Å². The first-order chi connectivity index (χ1) is 12.0. The van der Waals surface area contributed by atoms with Gasteiger partial charge in [-0.15, -0.1) is 0 Å². The first kappa shape index (κ1) is 17.4. The van der Waals surface area contributed by atoms with Gasteiger partial charge in [0.05, 0.1) is 36.6 Å². The quantitative estimate of drug-likeness (QED) is 0.759. The van der Waals surface area contributed by atoms with Gasteiger partial charge < -0.3 is 29.0 Å². The fraction of sp³-hybridized carbons (Fsp3) is 0.412. The van der Waals surface area contributed by atoms with E-state index in [1.165, 1.54) is 13.4 Å². The SMILES string of the molecule is COC(=O)c1ccc2nc(CO[C@@H]3C=CO[C@H](CO)[C@@H]3O)n(C)c2c1. The number of carbonyl (C=O) groups is 1. The number of imidazole rings is 1. The number of nitrogens with zero attached hydrogens (tertiary/aromatic N) is 2. The summed E-state index contributed by atoms with van der Waals surface area (Å²) in [5.41, 5.74) is 1.95. The van der Waals surface area contributed by atoms with Crippen LogP contribution in [0.4, 0.5) is 0 Å². The highest BCUT2D eigenvalue weighted by atomic mass is 16.5. The summed E-state index contributed by atoms with van der Waals surface area (Å²) in [5, 5.41) is 19.3. The Hall–Kier alpha value is -2.42. The first-order valence-electron chi connectivity index (χ1n) is 7.81. The van der Waals surface area contributed by atoms with E-state index in [1.807, 2.05) is 11.6 Å². The molecule has 1 aliphatic heterocycles. The molecule has 1 aromatic heterocycles. The molecule has 2 aromatic rings. The Morgan fingerprint density at radius 2 is 2.24 bits per heavy atom. The maximum atomic E-state index is 11.7. The Morgan fingerprint density at radius 1 is 1.44 bits per heavy atom. The number of fused-ring (bicyclic) bond motifs is 1. The van der Waals surface area contributed by atoms with Gasteiger partial charge in [-0.2, -0.15) is 0 Å². The van der Waals surface area contributed by atoms with Gasteiger partial charge in [-0.1, -0.05) is 0 Å². The third-order valence-corrected chi connectivity index (χ3v) is 4.22. The van der Waals surface area contributed by atoms with Gasteiger partial charge in [0, 0.05) is 7.05 Å². The highest BCUT2D eigenvalue weighted by Crippen LogP contribution is 2.20. The highest BCUT2D eigenvalue weighted by molar-refractivity contribution is 5.93. The second-order valence-electron chi connectivity index (χ2n) is 5.73. The van der Waals surface area contributed by atoms with Gasteiger partial charge in [-0.3, -0.25) is 0 Å². The van der Waals surface area contributed by atoms with Gasteiger partial charge in [0.1, 0.15) is 30.7 Å². The summed E-state index contributed by atoms with van der Waals surface area (Å²) in [7, 11) is 3.16.